The zero-order valence-electron chi connectivity index (χ0n) is 10.5. The molecule has 5 nitrogen and oxygen atoms in total. The molecule has 0 saturated carbocycles. The van der Waals surface area contributed by atoms with E-state index in [2.05, 4.69) is 0 Å². The lowest BCUT2D eigenvalue weighted by atomic mass is 9.58. The van der Waals surface area contributed by atoms with Crippen molar-refractivity contribution < 1.29 is 14.7 Å². The van der Waals surface area contributed by atoms with E-state index >= 15 is 0 Å². The smallest absolute Gasteiger partial charge is 0.261 e. The number of nitrogens with zero attached hydrogens (tertiary/aromatic N) is 1. The maximum Gasteiger partial charge on any atom is 0.261 e. The van der Waals surface area contributed by atoms with Gasteiger partial charge in [0, 0.05) is 12.5 Å². The van der Waals surface area contributed by atoms with Gasteiger partial charge in [0.25, 0.3) is 5.91 Å². The van der Waals surface area contributed by atoms with Crippen molar-refractivity contribution in [2.75, 3.05) is 7.05 Å². The highest BCUT2D eigenvalue weighted by Crippen LogP contribution is 2.46. The third kappa shape index (κ3) is 1.18. The molecule has 0 aliphatic carbocycles. The summed E-state index contributed by atoms with van der Waals surface area (Å²) in [5, 5.41) is 10.3. The van der Waals surface area contributed by atoms with Gasteiger partial charge in [-0.1, -0.05) is 20.8 Å². The molecular formula is C11H20N2O3. The Morgan fingerprint density at radius 1 is 1.25 bits per heavy atom. The highest BCUT2D eigenvalue weighted by Gasteiger charge is 2.65. The molecule has 5 heteroatoms. The Hall–Kier alpha value is -0.940. The summed E-state index contributed by atoms with van der Waals surface area (Å²) >= 11 is 0. The third-order valence-electron chi connectivity index (χ3n) is 4.30. The minimum atomic E-state index is -1.64. The number of carbonyl (C=O) groups excluding carboxylic acids is 2. The van der Waals surface area contributed by atoms with Crippen LogP contribution in [0.2, 0.25) is 0 Å². The number of aliphatic hydroxyl groups is 1. The van der Waals surface area contributed by atoms with E-state index in [-0.39, 0.29) is 0 Å². The van der Waals surface area contributed by atoms with Crippen LogP contribution in [0.15, 0.2) is 0 Å². The number of amides is 2. The van der Waals surface area contributed by atoms with Gasteiger partial charge in [-0.25, -0.2) is 0 Å². The molecule has 1 aliphatic heterocycles. The van der Waals surface area contributed by atoms with Crippen molar-refractivity contribution in [3.8, 4) is 0 Å². The molecule has 0 unspecified atom stereocenters. The summed E-state index contributed by atoms with van der Waals surface area (Å²) in [6.07, 6.45) is 0.368. The fraction of sp³-hybridized carbons (Fsp3) is 0.818. The average molecular weight is 228 g/mol. The van der Waals surface area contributed by atoms with E-state index in [9.17, 15) is 14.7 Å². The van der Waals surface area contributed by atoms with Crippen molar-refractivity contribution in [1.29, 1.82) is 0 Å². The maximum atomic E-state index is 12.1. The topological polar surface area (TPSA) is 83.6 Å². The Labute approximate surface area is 95.6 Å². The minimum Gasteiger partial charge on any atom is -0.380 e. The molecule has 1 aliphatic rings. The summed E-state index contributed by atoms with van der Waals surface area (Å²) in [6, 6.07) is 0. The SMILES string of the molecule is CC[C@]1(N)C(=O)N(C)C(=O)[C@@](C)(O)C1(C)C. The molecular weight excluding hydrogens is 208 g/mol. The first kappa shape index (κ1) is 13.1. The first-order valence-corrected chi connectivity index (χ1v) is 5.38. The van der Waals surface area contributed by atoms with Crippen LogP contribution in [0.5, 0.6) is 0 Å². The number of hydrogen-bond acceptors (Lipinski definition) is 4. The number of imide groups is 1. The molecule has 1 saturated heterocycles. The highest BCUT2D eigenvalue weighted by atomic mass is 16.3. The number of likely N-dealkylation sites (tertiary alicyclic amines) is 1. The minimum absolute atomic E-state index is 0.368. The standard InChI is InChI=1S/C11H20N2O3/c1-6-11(12)8(15)13(5)7(14)10(4,16)9(11,2)3/h16H,6,12H2,1-5H3/t10-,11+/m1/s1. The zero-order valence-corrected chi connectivity index (χ0v) is 10.5. The fourth-order valence-corrected chi connectivity index (χ4v) is 2.28. The van der Waals surface area contributed by atoms with Crippen LogP contribution in [0, 0.1) is 5.41 Å². The van der Waals surface area contributed by atoms with Crippen LogP contribution in [0.4, 0.5) is 0 Å². The largest absolute Gasteiger partial charge is 0.380 e. The second-order valence-electron chi connectivity index (χ2n) is 5.19. The van der Waals surface area contributed by atoms with E-state index in [0.717, 1.165) is 4.90 Å². The molecule has 1 rings (SSSR count). The van der Waals surface area contributed by atoms with Gasteiger partial charge in [0.15, 0.2) is 0 Å². The summed E-state index contributed by atoms with van der Waals surface area (Å²) in [5.74, 6) is -1.03. The maximum absolute atomic E-state index is 12.1. The average Bonchev–Trinajstić information content (AvgIpc) is 2.22. The van der Waals surface area contributed by atoms with Crippen LogP contribution in [0.3, 0.4) is 0 Å². The lowest BCUT2D eigenvalue weighted by molar-refractivity contribution is -0.190. The second-order valence-corrected chi connectivity index (χ2v) is 5.19. The van der Waals surface area contributed by atoms with Crippen molar-refractivity contribution in [1.82, 2.24) is 4.90 Å². The van der Waals surface area contributed by atoms with Crippen LogP contribution in [0.25, 0.3) is 0 Å². The number of rotatable bonds is 1. The quantitative estimate of drug-likeness (QED) is 0.612. The summed E-state index contributed by atoms with van der Waals surface area (Å²) in [4.78, 5) is 24.9. The predicted octanol–water partition coefficient (Wildman–Crippen LogP) is -0.130. The number of carbonyl (C=O) groups is 2. The van der Waals surface area contributed by atoms with E-state index < -0.39 is 28.4 Å². The van der Waals surface area contributed by atoms with Gasteiger partial charge in [-0.15, -0.1) is 0 Å². The number of nitrogens with two attached hydrogens (primary N) is 1. The highest BCUT2D eigenvalue weighted by molar-refractivity contribution is 6.07. The number of likely N-dealkylation sites (N-methyl/N-ethyl adjacent to an activating group) is 1. The first-order valence-electron chi connectivity index (χ1n) is 5.38. The van der Waals surface area contributed by atoms with Gasteiger partial charge in [-0.3, -0.25) is 14.5 Å². The van der Waals surface area contributed by atoms with Crippen LogP contribution in [-0.2, 0) is 9.59 Å². The molecule has 0 radical (unpaired) electrons. The van der Waals surface area contributed by atoms with E-state index in [1.165, 1.54) is 14.0 Å². The number of piperidine rings is 1. The molecule has 0 spiro atoms. The Morgan fingerprint density at radius 3 is 2.06 bits per heavy atom. The monoisotopic (exact) mass is 228 g/mol. The Bertz CT molecular complexity index is 349. The zero-order chi connectivity index (χ0) is 12.9. The summed E-state index contributed by atoms with van der Waals surface area (Å²) in [6.45, 7) is 6.49. The van der Waals surface area contributed by atoms with E-state index in [4.69, 9.17) is 5.73 Å². The third-order valence-corrected chi connectivity index (χ3v) is 4.30. The molecule has 1 heterocycles. The van der Waals surface area contributed by atoms with E-state index in [0.29, 0.717) is 6.42 Å². The van der Waals surface area contributed by atoms with Crippen LogP contribution >= 0.6 is 0 Å². The summed E-state index contributed by atoms with van der Waals surface area (Å²) < 4.78 is 0. The fourth-order valence-electron chi connectivity index (χ4n) is 2.28. The predicted molar refractivity (Wildman–Crippen MR) is 59.4 cm³/mol. The Kier molecular flexibility index (Phi) is 2.69. The molecule has 3 N–H and O–H groups in total. The van der Waals surface area contributed by atoms with Crippen molar-refractivity contribution in [2.45, 2.75) is 45.3 Å². The molecule has 1 fully saturated rings. The van der Waals surface area contributed by atoms with Gasteiger partial charge in [0.05, 0.1) is 0 Å². The van der Waals surface area contributed by atoms with E-state index in [1.54, 1.807) is 20.8 Å². The summed E-state index contributed by atoms with van der Waals surface area (Å²) in [5.41, 5.74) is 2.24. The second kappa shape index (κ2) is 3.28. The van der Waals surface area contributed by atoms with Gasteiger partial charge >= 0.3 is 0 Å². The molecule has 2 atom stereocenters. The number of hydrogen-bond donors (Lipinski definition) is 2. The van der Waals surface area contributed by atoms with E-state index in [1.807, 2.05) is 0 Å². The van der Waals surface area contributed by atoms with Crippen LogP contribution < -0.4 is 5.73 Å². The Balaban J connectivity index is 3.44. The van der Waals surface area contributed by atoms with Crippen molar-refractivity contribution in [3.63, 3.8) is 0 Å². The Morgan fingerprint density at radius 2 is 1.69 bits per heavy atom. The lowest BCUT2D eigenvalue weighted by Crippen LogP contribution is -2.77. The normalized spacial score (nSPS) is 39.1. The van der Waals surface area contributed by atoms with Gasteiger partial charge in [0.1, 0.15) is 11.1 Å². The molecule has 92 valence electrons. The molecule has 0 aromatic heterocycles. The lowest BCUT2D eigenvalue weighted by Gasteiger charge is -2.55. The van der Waals surface area contributed by atoms with Gasteiger partial charge in [-0.05, 0) is 13.3 Å². The van der Waals surface area contributed by atoms with Gasteiger partial charge in [0.2, 0.25) is 5.91 Å². The molecule has 0 aromatic rings. The van der Waals surface area contributed by atoms with Gasteiger partial charge < -0.3 is 10.8 Å². The van der Waals surface area contributed by atoms with Crippen molar-refractivity contribution >= 4 is 11.8 Å². The molecule has 2 amide bonds. The summed E-state index contributed by atoms with van der Waals surface area (Å²) in [7, 11) is 1.35. The van der Waals surface area contributed by atoms with Gasteiger partial charge in [-0.2, -0.15) is 0 Å². The first-order chi connectivity index (χ1) is 7.04. The molecule has 16 heavy (non-hydrogen) atoms. The van der Waals surface area contributed by atoms with Crippen LogP contribution in [0.1, 0.15) is 34.1 Å². The molecule has 0 aromatic carbocycles. The van der Waals surface area contributed by atoms with Crippen LogP contribution in [-0.4, -0.2) is 40.0 Å². The van der Waals surface area contributed by atoms with Crippen molar-refractivity contribution in [3.05, 3.63) is 0 Å². The molecule has 0 bridgehead atoms. The van der Waals surface area contributed by atoms with Crippen molar-refractivity contribution in [2.24, 2.45) is 11.1 Å².